The van der Waals surface area contributed by atoms with Crippen LogP contribution in [0.5, 0.6) is 5.75 Å². The second-order valence-corrected chi connectivity index (χ2v) is 5.13. The van der Waals surface area contributed by atoms with Crippen molar-refractivity contribution < 1.29 is 4.74 Å². The number of hydrogen-bond donors (Lipinski definition) is 1. The molecule has 1 atom stereocenters. The summed E-state index contributed by atoms with van der Waals surface area (Å²) in [7, 11) is 3.85. The van der Waals surface area contributed by atoms with E-state index in [1.54, 1.807) is 7.11 Å². The van der Waals surface area contributed by atoms with Crippen LogP contribution in [0.3, 0.4) is 0 Å². The molecule has 0 bridgehead atoms. The van der Waals surface area contributed by atoms with Gasteiger partial charge in [-0.05, 0) is 37.0 Å². The zero-order chi connectivity index (χ0) is 14.5. The second-order valence-electron chi connectivity index (χ2n) is 5.13. The van der Waals surface area contributed by atoms with Gasteiger partial charge in [-0.2, -0.15) is 0 Å². The minimum Gasteiger partial charge on any atom is -0.496 e. The standard InChI is InChI=1S/C17H24N2O/c1-4-11-19(2)16(12-18)14-9-10-17(20-3)15-8-6-5-7-13(14)15/h5-10,16H,4,11-12,18H2,1-3H3. The molecule has 0 amide bonds. The lowest BCUT2D eigenvalue weighted by atomic mass is 9.97. The van der Waals surface area contributed by atoms with Gasteiger partial charge in [0.25, 0.3) is 0 Å². The van der Waals surface area contributed by atoms with E-state index in [9.17, 15) is 0 Å². The Bertz CT molecular complexity index is 568. The van der Waals surface area contributed by atoms with Gasteiger partial charge in [-0.1, -0.05) is 37.3 Å². The molecule has 2 aromatic carbocycles. The second kappa shape index (κ2) is 6.73. The Morgan fingerprint density at radius 2 is 1.85 bits per heavy atom. The molecule has 0 heterocycles. The first kappa shape index (κ1) is 14.8. The summed E-state index contributed by atoms with van der Waals surface area (Å²) in [6, 6.07) is 12.8. The van der Waals surface area contributed by atoms with Crippen LogP contribution in [0.25, 0.3) is 10.8 Å². The average molecular weight is 272 g/mol. The van der Waals surface area contributed by atoms with E-state index in [2.05, 4.69) is 43.1 Å². The molecule has 0 spiro atoms. The van der Waals surface area contributed by atoms with Crippen LogP contribution in [-0.2, 0) is 0 Å². The molecule has 2 rings (SSSR count). The molecule has 0 aromatic heterocycles. The summed E-state index contributed by atoms with van der Waals surface area (Å²) in [4.78, 5) is 2.33. The van der Waals surface area contributed by atoms with Gasteiger partial charge in [-0.15, -0.1) is 0 Å². The van der Waals surface area contributed by atoms with E-state index in [4.69, 9.17) is 10.5 Å². The summed E-state index contributed by atoms with van der Waals surface area (Å²) in [5.74, 6) is 0.915. The largest absolute Gasteiger partial charge is 0.496 e. The molecule has 108 valence electrons. The predicted molar refractivity (Wildman–Crippen MR) is 85.2 cm³/mol. The monoisotopic (exact) mass is 272 g/mol. The highest BCUT2D eigenvalue weighted by molar-refractivity contribution is 5.91. The van der Waals surface area contributed by atoms with E-state index in [0.717, 1.165) is 24.1 Å². The van der Waals surface area contributed by atoms with E-state index in [-0.39, 0.29) is 6.04 Å². The molecule has 0 saturated heterocycles. The molecule has 1 unspecified atom stereocenters. The molecule has 3 nitrogen and oxygen atoms in total. The highest BCUT2D eigenvalue weighted by Crippen LogP contribution is 2.33. The van der Waals surface area contributed by atoms with Crippen LogP contribution >= 0.6 is 0 Å². The van der Waals surface area contributed by atoms with E-state index >= 15 is 0 Å². The van der Waals surface area contributed by atoms with E-state index < -0.39 is 0 Å². The first-order valence-corrected chi connectivity index (χ1v) is 7.18. The maximum absolute atomic E-state index is 6.02. The zero-order valence-electron chi connectivity index (χ0n) is 12.6. The molecule has 0 aliphatic heterocycles. The van der Waals surface area contributed by atoms with Gasteiger partial charge < -0.3 is 10.5 Å². The number of benzene rings is 2. The number of fused-ring (bicyclic) bond motifs is 1. The first-order valence-electron chi connectivity index (χ1n) is 7.18. The van der Waals surface area contributed by atoms with Crippen molar-refractivity contribution >= 4 is 10.8 Å². The predicted octanol–water partition coefficient (Wildman–Crippen LogP) is 3.19. The van der Waals surface area contributed by atoms with Crippen LogP contribution in [0.4, 0.5) is 0 Å². The lowest BCUT2D eigenvalue weighted by molar-refractivity contribution is 0.252. The minimum absolute atomic E-state index is 0.241. The van der Waals surface area contributed by atoms with Crippen LogP contribution < -0.4 is 10.5 Å². The number of likely N-dealkylation sites (N-methyl/N-ethyl adjacent to an activating group) is 1. The van der Waals surface area contributed by atoms with Crippen molar-refractivity contribution in [3.63, 3.8) is 0 Å². The van der Waals surface area contributed by atoms with E-state index in [1.165, 1.54) is 10.9 Å². The number of ether oxygens (including phenoxy) is 1. The molecule has 0 aliphatic rings. The fourth-order valence-electron chi connectivity index (χ4n) is 2.82. The molecule has 3 heteroatoms. The lowest BCUT2D eigenvalue weighted by Crippen LogP contribution is -2.31. The van der Waals surface area contributed by atoms with Crippen molar-refractivity contribution in [2.45, 2.75) is 19.4 Å². The van der Waals surface area contributed by atoms with E-state index in [1.807, 2.05) is 12.1 Å². The fraction of sp³-hybridized carbons (Fsp3) is 0.412. The molecule has 0 fully saturated rings. The SMILES string of the molecule is CCCN(C)C(CN)c1ccc(OC)c2ccccc12. The van der Waals surface area contributed by atoms with Crippen LogP contribution in [-0.4, -0.2) is 32.1 Å². The van der Waals surface area contributed by atoms with E-state index in [0.29, 0.717) is 6.54 Å². The average Bonchev–Trinajstić information content (AvgIpc) is 2.48. The van der Waals surface area contributed by atoms with Crippen molar-refractivity contribution in [3.05, 3.63) is 42.0 Å². The zero-order valence-corrected chi connectivity index (χ0v) is 12.6. The molecule has 2 aromatic rings. The maximum Gasteiger partial charge on any atom is 0.126 e. The van der Waals surface area contributed by atoms with Crippen LogP contribution in [0, 0.1) is 0 Å². The first-order chi connectivity index (χ1) is 9.72. The Morgan fingerprint density at radius 3 is 2.45 bits per heavy atom. The van der Waals surface area contributed by atoms with Crippen molar-refractivity contribution in [1.29, 1.82) is 0 Å². The van der Waals surface area contributed by atoms with Gasteiger partial charge in [0.1, 0.15) is 5.75 Å². The quantitative estimate of drug-likeness (QED) is 0.877. The Hall–Kier alpha value is -1.58. The van der Waals surface area contributed by atoms with Gasteiger partial charge in [-0.25, -0.2) is 0 Å². The van der Waals surface area contributed by atoms with Gasteiger partial charge >= 0.3 is 0 Å². The molecular formula is C17H24N2O. The number of methoxy groups -OCH3 is 1. The number of hydrogen-bond acceptors (Lipinski definition) is 3. The van der Waals surface area contributed by atoms with Crippen LogP contribution in [0.15, 0.2) is 36.4 Å². The fourth-order valence-corrected chi connectivity index (χ4v) is 2.82. The van der Waals surface area contributed by atoms with Gasteiger partial charge in [0.2, 0.25) is 0 Å². The third-order valence-electron chi connectivity index (χ3n) is 3.83. The molecule has 0 radical (unpaired) electrons. The smallest absolute Gasteiger partial charge is 0.126 e. The Kier molecular flexibility index (Phi) is 4.99. The molecule has 0 aliphatic carbocycles. The van der Waals surface area contributed by atoms with Gasteiger partial charge in [0.05, 0.1) is 7.11 Å². The summed E-state index contributed by atoms with van der Waals surface area (Å²) in [6.45, 7) is 3.85. The molecule has 2 N–H and O–H groups in total. The molecule has 20 heavy (non-hydrogen) atoms. The summed E-state index contributed by atoms with van der Waals surface area (Å²) in [6.07, 6.45) is 1.13. The maximum atomic E-state index is 6.02. The van der Waals surface area contributed by atoms with Crippen LogP contribution in [0.1, 0.15) is 24.9 Å². The lowest BCUT2D eigenvalue weighted by Gasteiger charge is -2.28. The minimum atomic E-state index is 0.241. The number of nitrogens with two attached hydrogens (primary N) is 1. The van der Waals surface area contributed by atoms with Gasteiger partial charge in [0.15, 0.2) is 0 Å². The molecular weight excluding hydrogens is 248 g/mol. The Balaban J connectivity index is 2.53. The van der Waals surface area contributed by atoms with Gasteiger partial charge in [-0.3, -0.25) is 4.90 Å². The summed E-state index contributed by atoms with van der Waals surface area (Å²) in [5, 5.41) is 2.38. The Labute approximate surface area is 121 Å². The normalized spacial score (nSPS) is 12.8. The van der Waals surface area contributed by atoms with Crippen molar-refractivity contribution in [3.8, 4) is 5.75 Å². The van der Waals surface area contributed by atoms with Crippen molar-refractivity contribution in [2.24, 2.45) is 5.73 Å². The number of nitrogens with zero attached hydrogens (tertiary/aromatic N) is 1. The van der Waals surface area contributed by atoms with Gasteiger partial charge in [0, 0.05) is 18.0 Å². The third-order valence-corrected chi connectivity index (χ3v) is 3.83. The topological polar surface area (TPSA) is 38.5 Å². The summed E-state index contributed by atoms with van der Waals surface area (Å²) < 4.78 is 5.46. The Morgan fingerprint density at radius 1 is 1.15 bits per heavy atom. The third kappa shape index (κ3) is 2.79. The van der Waals surface area contributed by atoms with Crippen molar-refractivity contribution in [1.82, 2.24) is 4.90 Å². The van der Waals surface area contributed by atoms with Crippen LogP contribution in [0.2, 0.25) is 0 Å². The van der Waals surface area contributed by atoms with Crippen molar-refractivity contribution in [2.75, 3.05) is 27.2 Å². The summed E-state index contributed by atoms with van der Waals surface area (Å²) >= 11 is 0. The number of rotatable bonds is 6. The highest BCUT2D eigenvalue weighted by Gasteiger charge is 2.18. The summed E-state index contributed by atoms with van der Waals surface area (Å²) in [5.41, 5.74) is 7.30. The molecule has 0 saturated carbocycles. The highest BCUT2D eigenvalue weighted by atomic mass is 16.5.